The number of carbonyl (C=O) groups is 1. The molecule has 0 radical (unpaired) electrons. The predicted molar refractivity (Wildman–Crippen MR) is 110 cm³/mol. The van der Waals surface area contributed by atoms with Crippen LogP contribution in [0.25, 0.3) is 11.0 Å². The molecule has 30 heavy (non-hydrogen) atoms. The normalized spacial score (nSPS) is 18.2. The summed E-state index contributed by atoms with van der Waals surface area (Å²) in [7, 11) is 0. The Morgan fingerprint density at radius 2 is 2.20 bits per heavy atom. The maximum absolute atomic E-state index is 12.9. The first-order valence-corrected chi connectivity index (χ1v) is 10.4. The molecule has 1 aliphatic heterocycles. The van der Waals surface area contributed by atoms with Gasteiger partial charge in [-0.3, -0.25) is 0 Å². The zero-order valence-corrected chi connectivity index (χ0v) is 18.9. The summed E-state index contributed by atoms with van der Waals surface area (Å²) in [6, 6.07) is -0.677. The van der Waals surface area contributed by atoms with E-state index in [1.54, 1.807) is 33.9 Å². The van der Waals surface area contributed by atoms with Gasteiger partial charge in [0.2, 0.25) is 5.95 Å². The molecule has 3 rings (SSSR count). The number of aromatic nitrogens is 3. The fourth-order valence-corrected chi connectivity index (χ4v) is 3.67. The van der Waals surface area contributed by atoms with Crippen LogP contribution in [0.4, 0.5) is 19.5 Å². The maximum atomic E-state index is 12.9. The Hall–Kier alpha value is -1.85. The number of carbonyl (C=O) groups excluding carboxylic acids is 1. The summed E-state index contributed by atoms with van der Waals surface area (Å²) in [5.41, 5.74) is -0.175. The zero-order valence-electron chi connectivity index (χ0n) is 17.3. The smallest absolute Gasteiger partial charge is 0.417 e. The number of halogens is 3. The molecule has 3 heterocycles. The number of fused-ring (bicyclic) bond motifs is 1. The van der Waals surface area contributed by atoms with Crippen LogP contribution < -0.4 is 4.90 Å². The first-order chi connectivity index (χ1) is 14.1. The summed E-state index contributed by atoms with van der Waals surface area (Å²) < 4.78 is 43.3. The van der Waals surface area contributed by atoms with Gasteiger partial charge in [0.05, 0.1) is 30.7 Å². The van der Waals surface area contributed by atoms with Crippen molar-refractivity contribution in [1.29, 1.82) is 0 Å². The SMILES string of the molecule is C[C@@H](COC(F)F)N(C(=O)OC(C)(C)C)c1ncc2c(Br)cn([C@@H]3CCOC3)c2n1. The van der Waals surface area contributed by atoms with Crippen LogP contribution in [-0.4, -0.2) is 58.7 Å². The van der Waals surface area contributed by atoms with E-state index in [0.717, 1.165) is 21.2 Å². The maximum Gasteiger partial charge on any atom is 0.417 e. The molecule has 0 aliphatic carbocycles. The Balaban J connectivity index is 2.00. The quantitative estimate of drug-likeness (QED) is 0.591. The molecule has 2 aromatic rings. The van der Waals surface area contributed by atoms with Gasteiger partial charge in [-0.15, -0.1) is 0 Å². The lowest BCUT2D eigenvalue weighted by Gasteiger charge is -2.30. The third-order valence-corrected chi connectivity index (χ3v) is 5.15. The highest BCUT2D eigenvalue weighted by Gasteiger charge is 2.31. The largest absolute Gasteiger partial charge is 0.443 e. The fourth-order valence-electron chi connectivity index (χ4n) is 3.17. The Kier molecular flexibility index (Phi) is 6.93. The van der Waals surface area contributed by atoms with Crippen LogP contribution in [0.2, 0.25) is 0 Å². The summed E-state index contributed by atoms with van der Waals surface area (Å²) >= 11 is 3.51. The molecule has 1 amide bonds. The number of ether oxygens (including phenoxy) is 3. The van der Waals surface area contributed by atoms with Crippen molar-refractivity contribution in [3.63, 3.8) is 0 Å². The third kappa shape index (κ3) is 5.25. The van der Waals surface area contributed by atoms with Crippen molar-refractivity contribution in [2.75, 3.05) is 24.7 Å². The van der Waals surface area contributed by atoms with E-state index in [-0.39, 0.29) is 12.0 Å². The van der Waals surface area contributed by atoms with Gasteiger partial charge in [0.15, 0.2) is 0 Å². The molecular weight excluding hydrogens is 466 g/mol. The molecule has 1 fully saturated rings. The molecular formula is C19H25BrF2N4O4. The van der Waals surface area contributed by atoms with Crippen LogP contribution in [0, 0.1) is 0 Å². The van der Waals surface area contributed by atoms with E-state index >= 15 is 0 Å². The molecule has 0 unspecified atom stereocenters. The minimum atomic E-state index is -2.95. The molecule has 166 valence electrons. The van der Waals surface area contributed by atoms with Crippen LogP contribution >= 0.6 is 15.9 Å². The van der Waals surface area contributed by atoms with Crippen molar-refractivity contribution < 1.29 is 27.8 Å². The van der Waals surface area contributed by atoms with Gasteiger partial charge < -0.3 is 18.8 Å². The van der Waals surface area contributed by atoms with Crippen LogP contribution in [0.3, 0.4) is 0 Å². The average molecular weight is 491 g/mol. The second kappa shape index (κ2) is 9.11. The second-order valence-electron chi connectivity index (χ2n) is 8.10. The number of hydrogen-bond acceptors (Lipinski definition) is 6. The van der Waals surface area contributed by atoms with Gasteiger partial charge in [0.1, 0.15) is 11.2 Å². The summed E-state index contributed by atoms with van der Waals surface area (Å²) in [4.78, 5) is 22.9. The molecule has 0 N–H and O–H groups in total. The van der Waals surface area contributed by atoms with Gasteiger partial charge in [-0.2, -0.15) is 13.8 Å². The van der Waals surface area contributed by atoms with Crippen LogP contribution in [-0.2, 0) is 14.2 Å². The number of nitrogens with zero attached hydrogens (tertiary/aromatic N) is 4. The molecule has 2 aromatic heterocycles. The Labute approximate surface area is 181 Å². The number of anilines is 1. The highest BCUT2D eigenvalue weighted by Crippen LogP contribution is 2.31. The number of hydrogen-bond donors (Lipinski definition) is 0. The van der Waals surface area contributed by atoms with Gasteiger partial charge in [0.25, 0.3) is 0 Å². The number of amides is 1. The lowest BCUT2D eigenvalue weighted by molar-refractivity contribution is -0.131. The van der Waals surface area contributed by atoms with Crippen molar-refractivity contribution in [2.45, 2.75) is 58.4 Å². The van der Waals surface area contributed by atoms with E-state index in [1.165, 1.54) is 0 Å². The molecule has 1 aliphatic rings. The third-order valence-electron chi connectivity index (χ3n) is 4.52. The summed E-state index contributed by atoms with van der Waals surface area (Å²) in [6.45, 7) is 4.59. The first kappa shape index (κ1) is 22.8. The second-order valence-corrected chi connectivity index (χ2v) is 8.96. The van der Waals surface area contributed by atoms with Gasteiger partial charge >= 0.3 is 12.7 Å². The fraction of sp³-hybridized carbons (Fsp3) is 0.632. The molecule has 2 atom stereocenters. The number of rotatable bonds is 6. The molecule has 0 spiro atoms. The van der Waals surface area contributed by atoms with Crippen molar-refractivity contribution in [3.8, 4) is 0 Å². The van der Waals surface area contributed by atoms with Crippen molar-refractivity contribution >= 4 is 39.0 Å². The monoisotopic (exact) mass is 490 g/mol. The highest BCUT2D eigenvalue weighted by molar-refractivity contribution is 9.10. The highest BCUT2D eigenvalue weighted by atomic mass is 79.9. The molecule has 1 saturated heterocycles. The summed E-state index contributed by atoms with van der Waals surface area (Å²) in [5, 5.41) is 0.770. The first-order valence-electron chi connectivity index (χ1n) is 9.59. The molecule has 11 heteroatoms. The standard InChI is InChI=1S/C19H25BrF2N4O4/c1-11(9-29-16(21)22)26(18(27)30-19(2,3)4)17-23-7-13-14(20)8-25(15(13)24-17)12-5-6-28-10-12/h7-8,11-12,16H,5-6,9-10H2,1-4H3/t11-,12+/m0/s1. The lowest BCUT2D eigenvalue weighted by atomic mass is 10.2. The summed E-state index contributed by atoms with van der Waals surface area (Å²) in [6.07, 6.45) is 3.59. The van der Waals surface area contributed by atoms with E-state index in [1.807, 2.05) is 10.8 Å². The molecule has 8 nitrogen and oxygen atoms in total. The zero-order chi connectivity index (χ0) is 22.1. The van der Waals surface area contributed by atoms with Crippen molar-refractivity contribution in [3.05, 3.63) is 16.9 Å². The molecule has 0 bridgehead atoms. The van der Waals surface area contributed by atoms with Gasteiger partial charge in [0, 0.05) is 23.5 Å². The van der Waals surface area contributed by atoms with E-state index in [4.69, 9.17) is 9.47 Å². The molecule has 0 saturated carbocycles. The lowest BCUT2D eigenvalue weighted by Crippen LogP contribution is -2.45. The Morgan fingerprint density at radius 3 is 2.80 bits per heavy atom. The van der Waals surface area contributed by atoms with Crippen molar-refractivity contribution in [1.82, 2.24) is 14.5 Å². The van der Waals surface area contributed by atoms with E-state index < -0.39 is 31.0 Å². The minimum absolute atomic E-state index is 0.0490. The Bertz CT molecular complexity index is 897. The number of alkyl halides is 2. The van der Waals surface area contributed by atoms with E-state index in [2.05, 4.69) is 30.6 Å². The average Bonchev–Trinajstić information content (AvgIpc) is 3.27. The summed E-state index contributed by atoms with van der Waals surface area (Å²) in [5.74, 6) is 0.0490. The predicted octanol–water partition coefficient (Wildman–Crippen LogP) is 4.52. The van der Waals surface area contributed by atoms with Crippen LogP contribution in [0.1, 0.15) is 40.2 Å². The van der Waals surface area contributed by atoms with E-state index in [0.29, 0.717) is 18.9 Å². The van der Waals surface area contributed by atoms with Gasteiger partial charge in [-0.25, -0.2) is 14.7 Å². The van der Waals surface area contributed by atoms with Crippen LogP contribution in [0.15, 0.2) is 16.9 Å². The van der Waals surface area contributed by atoms with Crippen molar-refractivity contribution in [2.24, 2.45) is 0 Å². The van der Waals surface area contributed by atoms with E-state index in [9.17, 15) is 13.6 Å². The topological polar surface area (TPSA) is 78.7 Å². The molecule has 0 aromatic carbocycles. The Morgan fingerprint density at radius 1 is 1.47 bits per heavy atom. The van der Waals surface area contributed by atoms with Crippen LogP contribution in [0.5, 0.6) is 0 Å². The van der Waals surface area contributed by atoms with Gasteiger partial charge in [-0.1, -0.05) is 0 Å². The van der Waals surface area contributed by atoms with Gasteiger partial charge in [-0.05, 0) is 50.0 Å². The minimum Gasteiger partial charge on any atom is -0.443 e.